The fourth-order valence-corrected chi connectivity index (χ4v) is 11.3. The lowest BCUT2D eigenvalue weighted by atomic mass is 10.0. The van der Waals surface area contributed by atoms with Crippen LogP contribution in [-0.2, 0) is 13.9 Å². The molecule has 192 valence electrons. The van der Waals surface area contributed by atoms with Gasteiger partial charge in [-0.1, -0.05) is 81.4 Å². The molecule has 0 radical (unpaired) electrons. The number of hydrogen-bond acceptors (Lipinski definition) is 6. The second-order valence-corrected chi connectivity index (χ2v) is 15.8. The lowest BCUT2D eigenvalue weighted by Gasteiger charge is -2.45. The number of anilines is 1. The largest absolute Gasteiger partial charge is 0.399 e. The standard InChI is InChI=1S/C28H31BrN4O3Si/c1-28(2,3)37(18-10-6-4-7-11-18,19-12-8-5-9-13-19)36-21-17-35-23-20(16-34-24(21)23)27-32-25(29)22-26(30)31-14-15-33(22)27/h4-15,20-21,23-24H,16-17H2,1-3H3,(H2,30,31). The van der Waals surface area contributed by atoms with E-state index >= 15 is 0 Å². The minimum atomic E-state index is -2.74. The van der Waals surface area contributed by atoms with Crippen molar-refractivity contribution in [2.75, 3.05) is 18.9 Å². The van der Waals surface area contributed by atoms with Gasteiger partial charge in [-0.25, -0.2) is 9.97 Å². The average molecular weight is 580 g/mol. The zero-order valence-corrected chi connectivity index (χ0v) is 23.8. The summed E-state index contributed by atoms with van der Waals surface area (Å²) in [5, 5.41) is 2.37. The van der Waals surface area contributed by atoms with Crippen LogP contribution in [0.25, 0.3) is 5.52 Å². The topological polar surface area (TPSA) is 83.9 Å². The third-order valence-corrected chi connectivity index (χ3v) is 13.3. The van der Waals surface area contributed by atoms with Gasteiger partial charge in [0.05, 0.1) is 31.3 Å². The average Bonchev–Trinajstić information content (AvgIpc) is 3.57. The number of imidazole rings is 1. The van der Waals surface area contributed by atoms with E-state index in [1.165, 1.54) is 10.4 Å². The third-order valence-electron chi connectivity index (χ3n) is 7.65. The smallest absolute Gasteiger partial charge is 0.261 e. The van der Waals surface area contributed by atoms with Crippen molar-refractivity contribution in [1.29, 1.82) is 0 Å². The van der Waals surface area contributed by atoms with Crippen molar-refractivity contribution < 1.29 is 13.9 Å². The van der Waals surface area contributed by atoms with E-state index < -0.39 is 8.32 Å². The van der Waals surface area contributed by atoms with Gasteiger partial charge in [0, 0.05) is 12.4 Å². The van der Waals surface area contributed by atoms with Crippen molar-refractivity contribution >= 4 is 46.0 Å². The first-order chi connectivity index (χ1) is 17.8. The van der Waals surface area contributed by atoms with Gasteiger partial charge in [0.25, 0.3) is 8.32 Å². The van der Waals surface area contributed by atoms with Crippen LogP contribution >= 0.6 is 15.9 Å². The number of aromatic nitrogens is 3. The Kier molecular flexibility index (Phi) is 6.24. The molecular formula is C28H31BrN4O3Si. The zero-order chi connectivity index (χ0) is 25.8. The summed E-state index contributed by atoms with van der Waals surface area (Å²) in [4.78, 5) is 9.01. The number of halogens is 1. The first-order valence-corrected chi connectivity index (χ1v) is 15.3. The number of benzene rings is 2. The number of nitrogens with two attached hydrogens (primary N) is 1. The van der Waals surface area contributed by atoms with Gasteiger partial charge in [-0.2, -0.15) is 0 Å². The number of rotatable bonds is 5. The molecule has 2 N–H and O–H groups in total. The fourth-order valence-electron chi connectivity index (χ4n) is 6.01. The summed E-state index contributed by atoms with van der Waals surface area (Å²) in [6.07, 6.45) is 3.05. The second-order valence-electron chi connectivity index (χ2n) is 10.8. The molecular weight excluding hydrogens is 548 g/mol. The molecule has 7 nitrogen and oxygen atoms in total. The SMILES string of the molecule is CC(C)(C)[Si](OC1COC2C(c3nc(Br)c4c(N)nccn34)COC12)(c1ccccc1)c1ccccc1. The molecule has 4 aromatic rings. The highest BCUT2D eigenvalue weighted by molar-refractivity contribution is 9.10. The summed E-state index contributed by atoms with van der Waals surface area (Å²) < 4.78 is 22.9. The Bertz CT molecular complexity index is 1370. The Morgan fingerprint density at radius 2 is 1.59 bits per heavy atom. The predicted octanol–water partition coefficient (Wildman–Crippen LogP) is 3.90. The number of nitrogen functional groups attached to an aromatic ring is 1. The van der Waals surface area contributed by atoms with Crippen LogP contribution in [0.1, 0.15) is 32.5 Å². The summed E-state index contributed by atoms with van der Waals surface area (Å²) in [5.41, 5.74) is 6.90. The monoisotopic (exact) mass is 578 g/mol. The van der Waals surface area contributed by atoms with E-state index in [1.54, 1.807) is 6.20 Å². The number of fused-ring (bicyclic) bond motifs is 2. The maximum Gasteiger partial charge on any atom is 0.261 e. The van der Waals surface area contributed by atoms with Gasteiger partial charge in [0.2, 0.25) is 0 Å². The first-order valence-electron chi connectivity index (χ1n) is 12.6. The van der Waals surface area contributed by atoms with E-state index in [0.717, 1.165) is 11.3 Å². The first kappa shape index (κ1) is 24.8. The Morgan fingerprint density at radius 1 is 0.973 bits per heavy atom. The molecule has 0 aliphatic carbocycles. The van der Waals surface area contributed by atoms with E-state index in [1.807, 2.05) is 10.6 Å². The van der Waals surface area contributed by atoms with E-state index in [2.05, 4.69) is 102 Å². The molecule has 2 fully saturated rings. The third kappa shape index (κ3) is 3.95. The number of nitrogens with zero attached hydrogens (tertiary/aromatic N) is 3. The van der Waals surface area contributed by atoms with Crippen molar-refractivity contribution in [3.63, 3.8) is 0 Å². The Balaban J connectivity index is 1.37. The molecule has 0 spiro atoms. The molecule has 2 saturated heterocycles. The summed E-state index contributed by atoms with van der Waals surface area (Å²) in [7, 11) is -2.74. The summed E-state index contributed by atoms with van der Waals surface area (Å²) in [6, 6.07) is 21.4. The summed E-state index contributed by atoms with van der Waals surface area (Å²) >= 11 is 3.56. The van der Waals surface area contributed by atoms with Crippen LogP contribution in [0.15, 0.2) is 77.7 Å². The Hall–Kier alpha value is -2.56. The minimum Gasteiger partial charge on any atom is -0.399 e. The minimum absolute atomic E-state index is 0.0432. The highest BCUT2D eigenvalue weighted by atomic mass is 79.9. The molecule has 0 amide bonds. The van der Waals surface area contributed by atoms with Crippen molar-refractivity contribution in [3.8, 4) is 0 Å². The molecule has 2 aliphatic heterocycles. The second kappa shape index (κ2) is 9.32. The molecule has 0 saturated carbocycles. The normalized spacial score (nSPS) is 24.0. The molecule has 2 aromatic carbocycles. The van der Waals surface area contributed by atoms with Crippen molar-refractivity contribution in [2.45, 2.75) is 50.0 Å². The van der Waals surface area contributed by atoms with Gasteiger partial charge in [0.1, 0.15) is 22.0 Å². The molecule has 4 heterocycles. The van der Waals surface area contributed by atoms with Gasteiger partial charge >= 0.3 is 0 Å². The van der Waals surface area contributed by atoms with E-state index in [-0.39, 0.29) is 29.3 Å². The summed E-state index contributed by atoms with van der Waals surface area (Å²) in [6.45, 7) is 7.85. The molecule has 6 rings (SSSR count). The van der Waals surface area contributed by atoms with Gasteiger partial charge in [0.15, 0.2) is 5.82 Å². The molecule has 9 heteroatoms. The van der Waals surface area contributed by atoms with E-state index in [4.69, 9.17) is 24.6 Å². The van der Waals surface area contributed by atoms with Crippen LogP contribution in [0.5, 0.6) is 0 Å². The molecule has 4 atom stereocenters. The van der Waals surface area contributed by atoms with Crippen molar-refractivity contribution in [2.24, 2.45) is 0 Å². The Labute approximate surface area is 226 Å². The van der Waals surface area contributed by atoms with Crippen molar-refractivity contribution in [3.05, 3.63) is 83.5 Å². The zero-order valence-electron chi connectivity index (χ0n) is 21.2. The number of hydrogen-bond donors (Lipinski definition) is 1. The Morgan fingerprint density at radius 3 is 2.22 bits per heavy atom. The fraction of sp³-hybridized carbons (Fsp3) is 0.357. The van der Waals surface area contributed by atoms with Gasteiger partial charge in [-0.15, -0.1) is 0 Å². The van der Waals surface area contributed by atoms with Gasteiger partial charge in [-0.05, 0) is 31.3 Å². The highest BCUT2D eigenvalue weighted by Crippen LogP contribution is 2.43. The maximum atomic E-state index is 7.37. The quantitative estimate of drug-likeness (QED) is 0.361. The van der Waals surface area contributed by atoms with E-state index in [0.29, 0.717) is 23.6 Å². The molecule has 0 bridgehead atoms. The molecule has 2 aliphatic rings. The molecule has 4 unspecified atom stereocenters. The predicted molar refractivity (Wildman–Crippen MR) is 150 cm³/mol. The molecule has 2 aromatic heterocycles. The lowest BCUT2D eigenvalue weighted by Crippen LogP contribution is -2.68. The lowest BCUT2D eigenvalue weighted by molar-refractivity contribution is 0.0259. The van der Waals surface area contributed by atoms with Crippen LogP contribution in [-0.4, -0.2) is 54.2 Å². The number of ether oxygens (including phenoxy) is 2. The van der Waals surface area contributed by atoms with Crippen LogP contribution in [0.4, 0.5) is 5.82 Å². The maximum absolute atomic E-state index is 7.37. The van der Waals surface area contributed by atoms with Crippen LogP contribution in [0.2, 0.25) is 5.04 Å². The van der Waals surface area contributed by atoms with Crippen LogP contribution in [0, 0.1) is 0 Å². The van der Waals surface area contributed by atoms with Gasteiger partial charge in [-0.3, -0.25) is 4.40 Å². The van der Waals surface area contributed by atoms with Crippen LogP contribution < -0.4 is 16.1 Å². The van der Waals surface area contributed by atoms with E-state index in [9.17, 15) is 0 Å². The van der Waals surface area contributed by atoms with Crippen LogP contribution in [0.3, 0.4) is 0 Å². The summed E-state index contributed by atoms with van der Waals surface area (Å²) in [5.74, 6) is 1.25. The highest BCUT2D eigenvalue weighted by Gasteiger charge is 2.57. The van der Waals surface area contributed by atoms with Crippen molar-refractivity contribution in [1.82, 2.24) is 14.4 Å². The van der Waals surface area contributed by atoms with Gasteiger partial charge < -0.3 is 19.6 Å². The molecule has 37 heavy (non-hydrogen) atoms.